The van der Waals surface area contributed by atoms with Crippen molar-refractivity contribution in [1.82, 2.24) is 9.97 Å². The topological polar surface area (TPSA) is 25.8 Å². The maximum absolute atomic E-state index is 5.96. The maximum Gasteiger partial charge on any atom is 0.147 e. The third kappa shape index (κ3) is 2.76. The molecule has 0 aliphatic heterocycles. The van der Waals surface area contributed by atoms with Crippen LogP contribution in [-0.4, -0.2) is 9.97 Å². The molecule has 2 aromatic carbocycles. The van der Waals surface area contributed by atoms with E-state index >= 15 is 0 Å². The molecule has 0 unspecified atom stereocenters. The highest BCUT2D eigenvalue weighted by atomic mass is 79.9. The van der Waals surface area contributed by atoms with Gasteiger partial charge in [0.2, 0.25) is 0 Å². The normalized spacial score (nSPS) is 10.8. The first-order valence-electron chi connectivity index (χ1n) is 5.57. The van der Waals surface area contributed by atoms with E-state index in [1.165, 1.54) is 17.1 Å². The first kappa shape index (κ1) is 12.9. The van der Waals surface area contributed by atoms with Crippen molar-refractivity contribution < 1.29 is 0 Å². The molecule has 0 spiro atoms. The Bertz CT molecular complexity index is 748. The highest BCUT2D eigenvalue weighted by Gasteiger charge is 2.08. The van der Waals surface area contributed by atoms with E-state index in [2.05, 4.69) is 56.2 Å². The van der Waals surface area contributed by atoms with E-state index in [1.807, 2.05) is 12.1 Å². The van der Waals surface area contributed by atoms with Gasteiger partial charge in [0.05, 0.1) is 4.47 Å². The van der Waals surface area contributed by atoms with Gasteiger partial charge in [0.1, 0.15) is 16.5 Å². The van der Waals surface area contributed by atoms with Gasteiger partial charge < -0.3 is 0 Å². The van der Waals surface area contributed by atoms with Crippen LogP contribution in [0.15, 0.2) is 63.2 Å². The van der Waals surface area contributed by atoms with Gasteiger partial charge >= 0.3 is 0 Å². The lowest BCUT2D eigenvalue weighted by atomic mass is 10.1. The summed E-state index contributed by atoms with van der Waals surface area (Å²) in [5, 5.41) is 3.68. The minimum atomic E-state index is 0.429. The van der Waals surface area contributed by atoms with E-state index in [1.54, 1.807) is 11.8 Å². The molecule has 0 bridgehead atoms. The van der Waals surface area contributed by atoms with Crippen molar-refractivity contribution in [2.75, 3.05) is 0 Å². The fraction of sp³-hybridized carbons (Fsp3) is 0. The standard InChI is InChI=1S/C14H8BrClN2S/c15-12-13(16)17-8-18-14(12)19-11-6-5-9-3-1-2-4-10(9)7-11/h1-8H. The van der Waals surface area contributed by atoms with Gasteiger partial charge in [-0.25, -0.2) is 9.97 Å². The summed E-state index contributed by atoms with van der Waals surface area (Å²) in [5.74, 6) is 0. The lowest BCUT2D eigenvalue weighted by Crippen LogP contribution is -1.86. The molecule has 0 saturated carbocycles. The Hall–Kier alpha value is -1.10. The second-order valence-corrected chi connectivity index (χ2v) is 6.11. The molecular weight excluding hydrogens is 344 g/mol. The summed E-state index contributed by atoms with van der Waals surface area (Å²) in [6.07, 6.45) is 1.47. The van der Waals surface area contributed by atoms with E-state index in [9.17, 15) is 0 Å². The van der Waals surface area contributed by atoms with Crippen molar-refractivity contribution in [1.29, 1.82) is 0 Å². The third-order valence-electron chi connectivity index (χ3n) is 2.65. The van der Waals surface area contributed by atoms with Gasteiger partial charge in [-0.1, -0.05) is 53.7 Å². The number of benzene rings is 2. The summed E-state index contributed by atoms with van der Waals surface area (Å²) in [6, 6.07) is 14.6. The van der Waals surface area contributed by atoms with Crippen LogP contribution >= 0.6 is 39.3 Å². The second kappa shape index (κ2) is 5.49. The van der Waals surface area contributed by atoms with Gasteiger partial charge in [-0.05, 0) is 38.8 Å². The van der Waals surface area contributed by atoms with Gasteiger partial charge in [-0.3, -0.25) is 0 Å². The molecule has 0 saturated heterocycles. The molecule has 5 heteroatoms. The molecule has 0 aliphatic rings. The molecule has 94 valence electrons. The van der Waals surface area contributed by atoms with Crippen LogP contribution in [0.3, 0.4) is 0 Å². The SMILES string of the molecule is Clc1ncnc(Sc2ccc3ccccc3c2)c1Br. The predicted octanol–water partition coefficient (Wildman–Crippen LogP) is 5.20. The third-order valence-corrected chi connectivity index (χ3v) is 5.17. The minimum Gasteiger partial charge on any atom is -0.228 e. The van der Waals surface area contributed by atoms with E-state index in [0.717, 1.165) is 14.4 Å². The molecule has 0 amide bonds. The van der Waals surface area contributed by atoms with Crippen LogP contribution < -0.4 is 0 Å². The zero-order chi connectivity index (χ0) is 13.2. The molecule has 2 nitrogen and oxygen atoms in total. The maximum atomic E-state index is 5.96. The fourth-order valence-corrected chi connectivity index (χ4v) is 3.22. The van der Waals surface area contributed by atoms with Gasteiger partial charge in [0.15, 0.2) is 0 Å². The molecule has 0 aliphatic carbocycles. The first-order chi connectivity index (χ1) is 9.24. The molecule has 0 atom stereocenters. The number of nitrogens with zero attached hydrogens (tertiary/aromatic N) is 2. The van der Waals surface area contributed by atoms with Crippen LogP contribution in [0.1, 0.15) is 0 Å². The molecule has 3 rings (SSSR count). The summed E-state index contributed by atoms with van der Waals surface area (Å²) in [4.78, 5) is 9.28. The quantitative estimate of drug-likeness (QED) is 0.594. The number of hydrogen-bond acceptors (Lipinski definition) is 3. The zero-order valence-electron chi connectivity index (χ0n) is 9.68. The molecule has 0 fully saturated rings. The van der Waals surface area contributed by atoms with Crippen molar-refractivity contribution in [3.8, 4) is 0 Å². The van der Waals surface area contributed by atoms with Gasteiger partial charge in [-0.2, -0.15) is 0 Å². The van der Waals surface area contributed by atoms with Crippen LogP contribution in [-0.2, 0) is 0 Å². The molecule has 3 aromatic rings. The zero-order valence-corrected chi connectivity index (χ0v) is 12.8. The van der Waals surface area contributed by atoms with Gasteiger partial charge in [0.25, 0.3) is 0 Å². The van der Waals surface area contributed by atoms with Crippen LogP contribution in [0, 0.1) is 0 Å². The Morgan fingerprint density at radius 3 is 2.63 bits per heavy atom. The minimum absolute atomic E-state index is 0.429. The lowest BCUT2D eigenvalue weighted by molar-refractivity contribution is 1.03. The number of rotatable bonds is 2. The van der Waals surface area contributed by atoms with Crippen LogP contribution in [0.5, 0.6) is 0 Å². The molecular formula is C14H8BrClN2S. The predicted molar refractivity (Wildman–Crippen MR) is 82.8 cm³/mol. The van der Waals surface area contributed by atoms with Crippen molar-refractivity contribution in [2.24, 2.45) is 0 Å². The van der Waals surface area contributed by atoms with Crippen LogP contribution in [0.25, 0.3) is 10.8 Å². The highest BCUT2D eigenvalue weighted by Crippen LogP contribution is 2.35. The number of aromatic nitrogens is 2. The van der Waals surface area contributed by atoms with E-state index < -0.39 is 0 Å². The van der Waals surface area contributed by atoms with E-state index in [-0.39, 0.29) is 0 Å². The van der Waals surface area contributed by atoms with Crippen molar-refractivity contribution >= 4 is 50.1 Å². The molecule has 1 aromatic heterocycles. The summed E-state index contributed by atoms with van der Waals surface area (Å²) >= 11 is 10.9. The Morgan fingerprint density at radius 2 is 1.79 bits per heavy atom. The van der Waals surface area contributed by atoms with Crippen LogP contribution in [0.4, 0.5) is 0 Å². The average Bonchev–Trinajstić information content (AvgIpc) is 2.44. The monoisotopic (exact) mass is 350 g/mol. The summed E-state index contributed by atoms with van der Waals surface area (Å²) in [6.45, 7) is 0. The number of fused-ring (bicyclic) bond motifs is 1. The first-order valence-corrected chi connectivity index (χ1v) is 7.55. The summed E-state index contributed by atoms with van der Waals surface area (Å²) < 4.78 is 0.731. The Kier molecular flexibility index (Phi) is 3.73. The second-order valence-electron chi connectivity index (χ2n) is 3.89. The molecule has 0 N–H and O–H groups in total. The molecule has 0 radical (unpaired) electrons. The number of hydrogen-bond donors (Lipinski definition) is 0. The van der Waals surface area contributed by atoms with Gasteiger partial charge in [-0.15, -0.1) is 0 Å². The fourth-order valence-electron chi connectivity index (χ4n) is 1.75. The van der Waals surface area contributed by atoms with E-state index in [0.29, 0.717) is 5.15 Å². The largest absolute Gasteiger partial charge is 0.228 e. The summed E-state index contributed by atoms with van der Waals surface area (Å²) in [7, 11) is 0. The Balaban J connectivity index is 1.99. The molecule has 1 heterocycles. The van der Waals surface area contributed by atoms with E-state index in [4.69, 9.17) is 11.6 Å². The lowest BCUT2D eigenvalue weighted by Gasteiger charge is -2.05. The Labute approximate surface area is 128 Å². The van der Waals surface area contributed by atoms with Crippen molar-refractivity contribution in [3.63, 3.8) is 0 Å². The number of halogens is 2. The van der Waals surface area contributed by atoms with Crippen molar-refractivity contribution in [3.05, 3.63) is 58.4 Å². The average molecular weight is 352 g/mol. The highest BCUT2D eigenvalue weighted by molar-refractivity contribution is 9.10. The van der Waals surface area contributed by atoms with Crippen molar-refractivity contribution in [2.45, 2.75) is 9.92 Å². The van der Waals surface area contributed by atoms with Gasteiger partial charge in [0, 0.05) is 4.90 Å². The Morgan fingerprint density at radius 1 is 1.00 bits per heavy atom. The smallest absolute Gasteiger partial charge is 0.147 e. The summed E-state index contributed by atoms with van der Waals surface area (Å²) in [5.41, 5.74) is 0. The molecule has 19 heavy (non-hydrogen) atoms. The van der Waals surface area contributed by atoms with Crippen LogP contribution in [0.2, 0.25) is 5.15 Å².